The van der Waals surface area contributed by atoms with Gasteiger partial charge < -0.3 is 15.1 Å². The van der Waals surface area contributed by atoms with Gasteiger partial charge >= 0.3 is 0 Å². The van der Waals surface area contributed by atoms with Crippen LogP contribution in [-0.4, -0.2) is 60.7 Å². The van der Waals surface area contributed by atoms with Crippen molar-refractivity contribution in [3.63, 3.8) is 0 Å². The number of likely N-dealkylation sites (tertiary alicyclic amines) is 1. The normalized spacial score (nSPS) is 26.3. The van der Waals surface area contributed by atoms with Gasteiger partial charge in [-0.25, -0.2) is 9.97 Å². The molecule has 3 aliphatic heterocycles. The Morgan fingerprint density at radius 2 is 1.85 bits per heavy atom. The lowest BCUT2D eigenvalue weighted by Crippen LogP contribution is -2.71. The van der Waals surface area contributed by atoms with Crippen LogP contribution in [-0.2, 0) is 0 Å². The quantitative estimate of drug-likeness (QED) is 0.873. The molecule has 3 fully saturated rings. The Balaban J connectivity index is 1.24. The van der Waals surface area contributed by atoms with Crippen molar-refractivity contribution in [2.75, 3.05) is 50.7 Å². The Kier molecular flexibility index (Phi) is 3.11. The molecule has 0 unspecified atom stereocenters. The van der Waals surface area contributed by atoms with Gasteiger partial charge in [0.1, 0.15) is 0 Å². The second kappa shape index (κ2) is 4.97. The Hall–Kier alpha value is -1.20. The topological polar surface area (TPSA) is 44.3 Å². The van der Waals surface area contributed by atoms with Gasteiger partial charge in [0.2, 0.25) is 5.95 Å². The van der Waals surface area contributed by atoms with E-state index in [9.17, 15) is 0 Å². The lowest BCUT2D eigenvalue weighted by molar-refractivity contribution is -0.0485. The van der Waals surface area contributed by atoms with Gasteiger partial charge in [0, 0.05) is 63.6 Å². The number of piperidine rings is 1. The highest BCUT2D eigenvalue weighted by atomic mass is 15.3. The molecule has 0 atom stereocenters. The molecule has 0 amide bonds. The molecular weight excluding hydrogens is 250 g/mol. The third kappa shape index (κ3) is 2.29. The van der Waals surface area contributed by atoms with Crippen molar-refractivity contribution >= 4 is 5.95 Å². The van der Waals surface area contributed by atoms with E-state index in [-0.39, 0.29) is 0 Å². The van der Waals surface area contributed by atoms with Crippen LogP contribution in [0.4, 0.5) is 5.95 Å². The first-order valence-corrected chi connectivity index (χ1v) is 7.78. The third-order valence-electron chi connectivity index (χ3n) is 5.08. The largest absolute Gasteiger partial charge is 0.341 e. The van der Waals surface area contributed by atoms with Crippen molar-refractivity contribution in [3.8, 4) is 0 Å². The molecule has 4 rings (SSSR count). The maximum absolute atomic E-state index is 4.35. The summed E-state index contributed by atoms with van der Waals surface area (Å²) in [7, 11) is 0. The average Bonchev–Trinajstić information content (AvgIpc) is 2.42. The predicted octanol–water partition coefficient (Wildman–Crippen LogP) is 0.598. The number of aromatic nitrogens is 2. The monoisotopic (exact) mass is 273 g/mol. The van der Waals surface area contributed by atoms with E-state index in [1.54, 1.807) is 0 Å². The van der Waals surface area contributed by atoms with Crippen LogP contribution >= 0.6 is 0 Å². The Morgan fingerprint density at radius 1 is 1.15 bits per heavy atom. The zero-order valence-electron chi connectivity index (χ0n) is 12.0. The van der Waals surface area contributed by atoms with Gasteiger partial charge in [-0.15, -0.1) is 0 Å². The van der Waals surface area contributed by atoms with Gasteiger partial charge in [-0.1, -0.05) is 0 Å². The maximum atomic E-state index is 4.35. The van der Waals surface area contributed by atoms with Crippen molar-refractivity contribution in [2.45, 2.75) is 12.8 Å². The summed E-state index contributed by atoms with van der Waals surface area (Å²) in [6, 6.07) is 1.88. The Labute approximate surface area is 120 Å². The number of hydrogen-bond acceptors (Lipinski definition) is 5. The summed E-state index contributed by atoms with van der Waals surface area (Å²) in [5.74, 6) is 1.76. The molecule has 4 heterocycles. The summed E-state index contributed by atoms with van der Waals surface area (Å²) in [5, 5.41) is 3.40. The predicted molar refractivity (Wildman–Crippen MR) is 78.7 cm³/mol. The molecule has 0 radical (unpaired) electrons. The highest BCUT2D eigenvalue weighted by Crippen LogP contribution is 2.35. The second-order valence-corrected chi connectivity index (χ2v) is 6.75. The molecule has 0 saturated carbocycles. The van der Waals surface area contributed by atoms with Gasteiger partial charge in [-0.2, -0.15) is 0 Å². The van der Waals surface area contributed by atoms with Gasteiger partial charge in [0.05, 0.1) is 0 Å². The van der Waals surface area contributed by atoms with Crippen LogP contribution < -0.4 is 10.2 Å². The van der Waals surface area contributed by atoms with E-state index in [4.69, 9.17) is 0 Å². The number of anilines is 1. The van der Waals surface area contributed by atoms with E-state index in [2.05, 4.69) is 25.1 Å². The first-order valence-electron chi connectivity index (χ1n) is 7.78. The molecule has 0 aliphatic carbocycles. The summed E-state index contributed by atoms with van der Waals surface area (Å²) < 4.78 is 0. The average molecular weight is 273 g/mol. The van der Waals surface area contributed by atoms with Gasteiger partial charge in [-0.3, -0.25) is 0 Å². The van der Waals surface area contributed by atoms with Gasteiger partial charge in [0.25, 0.3) is 0 Å². The van der Waals surface area contributed by atoms with Crippen LogP contribution in [0.2, 0.25) is 0 Å². The van der Waals surface area contributed by atoms with Crippen LogP contribution in [0.3, 0.4) is 0 Å². The minimum Gasteiger partial charge on any atom is -0.341 e. The molecule has 3 aliphatic rings. The van der Waals surface area contributed by atoms with Crippen molar-refractivity contribution in [1.82, 2.24) is 20.2 Å². The van der Waals surface area contributed by atoms with E-state index in [1.807, 2.05) is 18.5 Å². The summed E-state index contributed by atoms with van der Waals surface area (Å²) in [5.41, 5.74) is 0.665. The van der Waals surface area contributed by atoms with Crippen molar-refractivity contribution in [2.24, 2.45) is 11.3 Å². The minimum absolute atomic E-state index is 0.665. The Morgan fingerprint density at radius 3 is 2.45 bits per heavy atom. The highest BCUT2D eigenvalue weighted by Gasteiger charge is 2.47. The molecule has 108 valence electrons. The summed E-state index contributed by atoms with van der Waals surface area (Å²) in [4.78, 5) is 13.7. The van der Waals surface area contributed by atoms with E-state index in [0.717, 1.165) is 25.0 Å². The van der Waals surface area contributed by atoms with Crippen molar-refractivity contribution in [3.05, 3.63) is 18.5 Å². The van der Waals surface area contributed by atoms with Crippen molar-refractivity contribution < 1.29 is 0 Å². The SMILES string of the molecule is c1cnc(N2CCC(CN3CC4(CNC4)C3)CC2)nc1. The molecule has 1 aromatic heterocycles. The molecule has 1 spiro atoms. The van der Waals surface area contributed by atoms with Gasteiger partial charge in [-0.05, 0) is 24.8 Å². The van der Waals surface area contributed by atoms with Crippen LogP contribution in [0, 0.1) is 11.3 Å². The van der Waals surface area contributed by atoms with Gasteiger partial charge in [0.15, 0.2) is 0 Å². The highest BCUT2D eigenvalue weighted by molar-refractivity contribution is 5.28. The number of rotatable bonds is 3. The lowest BCUT2D eigenvalue weighted by atomic mass is 9.74. The fourth-order valence-electron chi connectivity index (χ4n) is 3.87. The third-order valence-corrected chi connectivity index (χ3v) is 5.08. The van der Waals surface area contributed by atoms with Crippen LogP contribution in [0.15, 0.2) is 18.5 Å². The first kappa shape index (κ1) is 12.5. The fourth-order valence-corrected chi connectivity index (χ4v) is 3.87. The molecule has 1 N–H and O–H groups in total. The van der Waals surface area contributed by atoms with Crippen LogP contribution in [0.5, 0.6) is 0 Å². The molecule has 3 saturated heterocycles. The molecule has 0 aromatic carbocycles. The van der Waals surface area contributed by atoms with Crippen LogP contribution in [0.1, 0.15) is 12.8 Å². The summed E-state index contributed by atoms with van der Waals surface area (Å²) in [6.07, 6.45) is 6.22. The maximum Gasteiger partial charge on any atom is 0.225 e. The molecule has 5 nitrogen and oxygen atoms in total. The molecular formula is C15H23N5. The summed E-state index contributed by atoms with van der Waals surface area (Å²) in [6.45, 7) is 8.64. The summed E-state index contributed by atoms with van der Waals surface area (Å²) >= 11 is 0. The van der Waals surface area contributed by atoms with E-state index < -0.39 is 0 Å². The Bertz CT molecular complexity index is 443. The standard InChI is InChI=1S/C15H23N5/c1-4-17-14(18-5-1)20-6-2-13(3-7-20)8-19-11-15(12-19)9-16-10-15/h1,4-5,13,16H,2-3,6-12H2. The zero-order chi connectivity index (χ0) is 13.4. The number of nitrogens with zero attached hydrogens (tertiary/aromatic N) is 4. The smallest absolute Gasteiger partial charge is 0.225 e. The van der Waals surface area contributed by atoms with Crippen molar-refractivity contribution in [1.29, 1.82) is 0 Å². The van der Waals surface area contributed by atoms with Crippen LogP contribution in [0.25, 0.3) is 0 Å². The number of nitrogens with one attached hydrogen (secondary N) is 1. The minimum atomic E-state index is 0.665. The van der Waals surface area contributed by atoms with E-state index in [1.165, 1.54) is 45.6 Å². The molecule has 20 heavy (non-hydrogen) atoms. The molecule has 0 bridgehead atoms. The first-order chi connectivity index (χ1) is 9.83. The molecule has 5 heteroatoms. The second-order valence-electron chi connectivity index (χ2n) is 6.75. The number of hydrogen-bond donors (Lipinski definition) is 1. The molecule has 1 aromatic rings. The zero-order valence-corrected chi connectivity index (χ0v) is 12.0. The lowest BCUT2D eigenvalue weighted by Gasteiger charge is -2.57. The van der Waals surface area contributed by atoms with E-state index in [0.29, 0.717) is 5.41 Å². The fraction of sp³-hybridized carbons (Fsp3) is 0.733. The van der Waals surface area contributed by atoms with E-state index >= 15 is 0 Å².